The predicted molar refractivity (Wildman–Crippen MR) is 87.2 cm³/mol. The van der Waals surface area contributed by atoms with Crippen LogP contribution in [0.3, 0.4) is 0 Å². The van der Waals surface area contributed by atoms with E-state index in [1.165, 1.54) is 7.11 Å². The first-order chi connectivity index (χ1) is 11.6. The lowest BCUT2D eigenvalue weighted by Crippen LogP contribution is -2.67. The number of amides is 2. The summed E-state index contributed by atoms with van der Waals surface area (Å²) < 4.78 is 4.71. The van der Waals surface area contributed by atoms with Gasteiger partial charge >= 0.3 is 5.97 Å². The summed E-state index contributed by atoms with van der Waals surface area (Å²) in [5.74, 6) is -0.959. The van der Waals surface area contributed by atoms with E-state index in [1.807, 2.05) is 6.07 Å². The highest BCUT2D eigenvalue weighted by molar-refractivity contribution is 5.99. The van der Waals surface area contributed by atoms with Crippen LogP contribution >= 0.6 is 0 Å². The normalized spacial score (nSPS) is 26.3. The number of nitrogens with zero attached hydrogens (tertiary/aromatic N) is 1. The van der Waals surface area contributed by atoms with E-state index in [0.717, 1.165) is 25.7 Å². The zero-order valence-electron chi connectivity index (χ0n) is 13.7. The number of hydrogen-bond acceptors (Lipinski definition) is 4. The minimum Gasteiger partial charge on any atom is -0.469 e. The molecule has 2 aliphatic rings. The zero-order chi connectivity index (χ0) is 17.1. The van der Waals surface area contributed by atoms with Crippen molar-refractivity contribution in [3.8, 4) is 0 Å². The third-order valence-corrected chi connectivity index (χ3v) is 4.90. The molecule has 128 valence electrons. The van der Waals surface area contributed by atoms with E-state index >= 15 is 0 Å². The van der Waals surface area contributed by atoms with E-state index in [0.29, 0.717) is 5.56 Å². The number of ether oxygens (including phenoxy) is 1. The number of rotatable bonds is 3. The van der Waals surface area contributed by atoms with Crippen LogP contribution in [-0.2, 0) is 14.3 Å². The van der Waals surface area contributed by atoms with Crippen LogP contribution in [0.25, 0.3) is 0 Å². The number of piperazine rings is 1. The zero-order valence-corrected chi connectivity index (χ0v) is 13.7. The molecule has 1 aromatic rings. The van der Waals surface area contributed by atoms with Crippen molar-refractivity contribution in [2.45, 2.75) is 50.2 Å². The van der Waals surface area contributed by atoms with Crippen LogP contribution in [0.15, 0.2) is 30.3 Å². The topological polar surface area (TPSA) is 75.7 Å². The Balaban J connectivity index is 1.94. The highest BCUT2D eigenvalue weighted by Crippen LogP contribution is 2.30. The minimum atomic E-state index is -0.815. The Kier molecular flexibility index (Phi) is 4.83. The monoisotopic (exact) mass is 330 g/mol. The largest absolute Gasteiger partial charge is 0.469 e. The molecule has 3 atom stereocenters. The van der Waals surface area contributed by atoms with Gasteiger partial charge in [-0.1, -0.05) is 31.0 Å². The molecule has 1 N–H and O–H groups in total. The summed E-state index contributed by atoms with van der Waals surface area (Å²) >= 11 is 0. The van der Waals surface area contributed by atoms with Crippen molar-refractivity contribution in [3.63, 3.8) is 0 Å². The number of methoxy groups -OCH3 is 1. The van der Waals surface area contributed by atoms with Gasteiger partial charge in [-0.2, -0.15) is 0 Å². The first-order valence-electron chi connectivity index (χ1n) is 8.36. The molecule has 1 saturated carbocycles. The average molecular weight is 330 g/mol. The maximum Gasteiger partial charge on any atom is 0.308 e. The van der Waals surface area contributed by atoms with E-state index in [-0.39, 0.29) is 30.3 Å². The third-order valence-electron chi connectivity index (χ3n) is 4.90. The summed E-state index contributed by atoms with van der Waals surface area (Å²) in [6, 6.07) is 7.99. The lowest BCUT2D eigenvalue weighted by Gasteiger charge is -2.48. The molecule has 1 heterocycles. The summed E-state index contributed by atoms with van der Waals surface area (Å²) in [5, 5.41) is 2.99. The van der Waals surface area contributed by atoms with Gasteiger partial charge in [0.15, 0.2) is 0 Å². The molecular formula is C18H22N2O4. The van der Waals surface area contributed by atoms with E-state index < -0.39 is 12.0 Å². The van der Waals surface area contributed by atoms with Gasteiger partial charge in [-0.3, -0.25) is 14.4 Å². The Bertz CT molecular complexity index is 631. The Morgan fingerprint density at radius 3 is 2.62 bits per heavy atom. The van der Waals surface area contributed by atoms with Crippen LogP contribution in [0.1, 0.15) is 42.5 Å². The van der Waals surface area contributed by atoms with Gasteiger partial charge < -0.3 is 15.0 Å². The van der Waals surface area contributed by atoms with Crippen molar-refractivity contribution >= 4 is 17.8 Å². The number of benzene rings is 1. The van der Waals surface area contributed by atoms with Gasteiger partial charge in [-0.25, -0.2) is 0 Å². The molecule has 1 saturated heterocycles. The maximum absolute atomic E-state index is 13.1. The van der Waals surface area contributed by atoms with Crippen LogP contribution in [-0.4, -0.2) is 47.9 Å². The molecule has 0 bridgehead atoms. The highest BCUT2D eigenvalue weighted by atomic mass is 16.5. The van der Waals surface area contributed by atoms with Crippen LogP contribution in [0.5, 0.6) is 0 Å². The number of carbonyl (C=O) groups is 3. The van der Waals surface area contributed by atoms with E-state index in [1.54, 1.807) is 29.2 Å². The number of fused-ring (bicyclic) bond motifs is 1. The quantitative estimate of drug-likeness (QED) is 0.852. The van der Waals surface area contributed by atoms with Gasteiger partial charge in [0.2, 0.25) is 5.91 Å². The fourth-order valence-corrected chi connectivity index (χ4v) is 3.70. The van der Waals surface area contributed by atoms with Crippen molar-refractivity contribution in [2.75, 3.05) is 7.11 Å². The average Bonchev–Trinajstić information content (AvgIpc) is 2.62. The maximum atomic E-state index is 13.1. The third kappa shape index (κ3) is 3.13. The SMILES string of the molecule is COC(=O)C[C@H]1C(=O)N[C@H]2CCCC[C@@H]2N1C(=O)c1ccccc1. The molecule has 1 aliphatic carbocycles. The molecule has 2 fully saturated rings. The molecule has 6 heteroatoms. The van der Waals surface area contributed by atoms with Crippen molar-refractivity contribution in [1.29, 1.82) is 0 Å². The lowest BCUT2D eigenvalue weighted by atomic mass is 9.84. The molecule has 1 aliphatic heterocycles. The minimum absolute atomic E-state index is 0.0344. The number of hydrogen-bond donors (Lipinski definition) is 1. The van der Waals surface area contributed by atoms with Crippen LogP contribution in [0, 0.1) is 0 Å². The summed E-state index contributed by atoms with van der Waals surface area (Å²) in [7, 11) is 1.29. The molecule has 2 amide bonds. The molecule has 0 aromatic heterocycles. The first kappa shape index (κ1) is 16.5. The second kappa shape index (κ2) is 7.03. The molecule has 0 radical (unpaired) electrons. The van der Waals surface area contributed by atoms with Gasteiger partial charge in [0.1, 0.15) is 6.04 Å². The van der Waals surface area contributed by atoms with Gasteiger partial charge in [0, 0.05) is 11.6 Å². The fourth-order valence-electron chi connectivity index (χ4n) is 3.70. The van der Waals surface area contributed by atoms with Crippen molar-refractivity contribution in [3.05, 3.63) is 35.9 Å². The van der Waals surface area contributed by atoms with Gasteiger partial charge in [0.05, 0.1) is 19.6 Å². The number of nitrogens with one attached hydrogen (secondary N) is 1. The van der Waals surface area contributed by atoms with Crippen molar-refractivity contribution in [1.82, 2.24) is 10.2 Å². The molecule has 24 heavy (non-hydrogen) atoms. The van der Waals surface area contributed by atoms with Gasteiger partial charge in [-0.15, -0.1) is 0 Å². The Morgan fingerprint density at radius 1 is 1.21 bits per heavy atom. The molecule has 6 nitrogen and oxygen atoms in total. The molecule has 0 unspecified atom stereocenters. The Morgan fingerprint density at radius 2 is 1.92 bits per heavy atom. The molecular weight excluding hydrogens is 308 g/mol. The summed E-state index contributed by atoms with van der Waals surface area (Å²) in [4.78, 5) is 39.0. The summed E-state index contributed by atoms with van der Waals surface area (Å²) in [5.41, 5.74) is 0.534. The predicted octanol–water partition coefficient (Wildman–Crippen LogP) is 1.50. The fraction of sp³-hybridized carbons (Fsp3) is 0.500. The molecule has 0 spiro atoms. The van der Waals surface area contributed by atoms with E-state index in [4.69, 9.17) is 4.74 Å². The second-order valence-corrected chi connectivity index (χ2v) is 6.34. The lowest BCUT2D eigenvalue weighted by molar-refractivity contribution is -0.147. The second-order valence-electron chi connectivity index (χ2n) is 6.34. The number of carbonyl (C=O) groups excluding carboxylic acids is 3. The van der Waals surface area contributed by atoms with Gasteiger partial charge in [-0.05, 0) is 25.0 Å². The van der Waals surface area contributed by atoms with Crippen LogP contribution in [0.2, 0.25) is 0 Å². The van der Waals surface area contributed by atoms with E-state index in [2.05, 4.69) is 5.32 Å². The van der Waals surface area contributed by atoms with Crippen molar-refractivity contribution in [2.24, 2.45) is 0 Å². The van der Waals surface area contributed by atoms with Crippen molar-refractivity contribution < 1.29 is 19.1 Å². The van der Waals surface area contributed by atoms with Crippen LogP contribution in [0.4, 0.5) is 0 Å². The Hall–Kier alpha value is -2.37. The van der Waals surface area contributed by atoms with Crippen LogP contribution < -0.4 is 5.32 Å². The highest BCUT2D eigenvalue weighted by Gasteiger charge is 2.46. The molecule has 1 aromatic carbocycles. The summed E-state index contributed by atoms with van der Waals surface area (Å²) in [6.07, 6.45) is 3.63. The van der Waals surface area contributed by atoms with E-state index in [9.17, 15) is 14.4 Å². The smallest absolute Gasteiger partial charge is 0.308 e. The standard InChI is InChI=1S/C18H22N2O4/c1-24-16(21)11-15-17(22)19-13-9-5-6-10-14(13)20(15)18(23)12-7-3-2-4-8-12/h2-4,7-8,13-15H,5-6,9-11H2,1H3,(H,19,22)/t13-,14-,15-/m0/s1. The van der Waals surface area contributed by atoms with Gasteiger partial charge in [0.25, 0.3) is 5.91 Å². The first-order valence-corrected chi connectivity index (χ1v) is 8.36. The number of esters is 1. The summed E-state index contributed by atoms with van der Waals surface area (Å²) in [6.45, 7) is 0. The Labute approximate surface area is 141 Å². The molecule has 3 rings (SSSR count).